The van der Waals surface area contributed by atoms with Gasteiger partial charge in [0.1, 0.15) is 0 Å². The molecule has 1 heterocycles. The zero-order valence-corrected chi connectivity index (χ0v) is 28.6. The quantitative estimate of drug-likeness (QED) is 0.142. The molecule has 0 spiro atoms. The van der Waals surface area contributed by atoms with Crippen LogP contribution in [-0.4, -0.2) is 30.3 Å². The average molecular weight is 589 g/mol. The molecule has 0 saturated carbocycles. The van der Waals surface area contributed by atoms with E-state index >= 15 is 0 Å². The summed E-state index contributed by atoms with van der Waals surface area (Å²) < 4.78 is 7.09. The number of rotatable bonds is 16. The first-order valence-electron chi connectivity index (χ1n) is 14.7. The highest BCUT2D eigenvalue weighted by Gasteiger charge is 2.22. The van der Waals surface area contributed by atoms with Gasteiger partial charge >= 0.3 is 0 Å². The summed E-state index contributed by atoms with van der Waals surface area (Å²) in [5, 5.41) is 2.55. The van der Waals surface area contributed by atoms with Gasteiger partial charge in [-0.15, -0.1) is 13.2 Å². The first-order chi connectivity index (χ1) is 19.1. The Bertz CT molecular complexity index is 1070. The van der Waals surface area contributed by atoms with Gasteiger partial charge in [0.25, 0.3) is 0 Å². The Balaban J connectivity index is 0. The third-order valence-electron chi connectivity index (χ3n) is 6.21. The van der Waals surface area contributed by atoms with Crippen molar-refractivity contribution >= 4 is 40.2 Å². The second kappa shape index (κ2) is 23.6. The van der Waals surface area contributed by atoms with Crippen molar-refractivity contribution in [1.29, 1.82) is 0 Å². The van der Waals surface area contributed by atoms with Crippen LogP contribution in [0.4, 0.5) is 5.13 Å². The molecule has 1 aromatic heterocycles. The van der Waals surface area contributed by atoms with Crippen LogP contribution in [0.25, 0.3) is 12.2 Å². The monoisotopic (exact) mass is 588 g/mol. The van der Waals surface area contributed by atoms with Gasteiger partial charge in [0.15, 0.2) is 5.13 Å². The summed E-state index contributed by atoms with van der Waals surface area (Å²) in [6.07, 6.45) is 16.5. The third kappa shape index (κ3) is 14.5. The normalized spacial score (nSPS) is 14.1. The van der Waals surface area contributed by atoms with Crippen molar-refractivity contribution in [2.75, 3.05) is 24.6 Å². The molecule has 1 aromatic rings. The number of nitrogens with zero attached hydrogens (tertiary/aromatic N) is 2. The first kappa shape index (κ1) is 40.0. The Hall–Kier alpha value is -2.14. The van der Waals surface area contributed by atoms with Crippen LogP contribution < -0.4 is 14.8 Å². The zero-order chi connectivity index (χ0) is 31.1. The number of unbranched alkanes of at least 4 members (excludes halogenated alkanes) is 1. The van der Waals surface area contributed by atoms with Crippen molar-refractivity contribution in [3.8, 4) is 0 Å². The predicted octanol–water partition coefficient (Wildman–Crippen LogP) is 9.90. The van der Waals surface area contributed by atoms with E-state index in [1.807, 2.05) is 58.9 Å². The predicted molar refractivity (Wildman–Crippen MR) is 186 cm³/mol. The van der Waals surface area contributed by atoms with Crippen LogP contribution in [0.15, 0.2) is 72.4 Å². The molecule has 0 radical (unpaired) electrons. The topological polar surface area (TPSA) is 25.4 Å². The van der Waals surface area contributed by atoms with Crippen LogP contribution in [0.2, 0.25) is 0 Å². The lowest BCUT2D eigenvalue weighted by Gasteiger charge is -2.29. The number of hydrogen-bond acceptors (Lipinski definition) is 4. The van der Waals surface area contributed by atoms with E-state index in [2.05, 4.69) is 65.0 Å². The van der Waals surface area contributed by atoms with E-state index in [-0.39, 0.29) is 0 Å². The molecule has 0 aliphatic carbocycles. The maximum Gasteiger partial charge on any atom is 0.186 e. The number of halogens is 1. The number of hydrogen-bond donors (Lipinski definition) is 0. The molecule has 1 rings (SSSR count). The molecule has 0 aliphatic rings. The molecule has 0 saturated heterocycles. The summed E-state index contributed by atoms with van der Waals surface area (Å²) in [5.41, 5.74) is 3.19. The van der Waals surface area contributed by atoms with Gasteiger partial charge in [-0.05, 0) is 83.1 Å². The fourth-order valence-corrected chi connectivity index (χ4v) is 4.98. The lowest BCUT2D eigenvalue weighted by atomic mass is 9.94. The van der Waals surface area contributed by atoms with Crippen LogP contribution in [0.3, 0.4) is 0 Å². The van der Waals surface area contributed by atoms with E-state index in [0.717, 1.165) is 70.8 Å². The Labute approximate surface area is 256 Å². The summed E-state index contributed by atoms with van der Waals surface area (Å²) in [4.78, 5) is 7.19. The van der Waals surface area contributed by atoms with Gasteiger partial charge in [-0.3, -0.25) is 0 Å². The highest BCUT2D eigenvalue weighted by Crippen LogP contribution is 2.28. The largest absolute Gasteiger partial charge is 0.367 e. The van der Waals surface area contributed by atoms with Crippen molar-refractivity contribution < 1.29 is 4.74 Å². The summed E-state index contributed by atoms with van der Waals surface area (Å²) >= 11 is 8.08. The minimum Gasteiger partial charge on any atom is -0.367 e. The molecule has 0 aromatic carbocycles. The minimum absolute atomic E-state index is 0.411. The van der Waals surface area contributed by atoms with Crippen LogP contribution in [0.1, 0.15) is 94.4 Å². The highest BCUT2D eigenvalue weighted by atomic mass is 35.5. The lowest BCUT2D eigenvalue weighted by Crippen LogP contribution is -2.34. The van der Waals surface area contributed by atoms with Crippen LogP contribution in [-0.2, 0) is 4.74 Å². The standard InChI is InChI=1S/C29H43ClN2OS.C4H8.C2H6/c1-10-16-17-25(26(21-22(7)30)24(12-3)13-4)27-23(8)31-28(34-27)32(15-6)19-18-29(9,14-5)33-20-11-2;1-3-4-2;1-2/h11-12,14,21H,2-3,5,8,10,13,15-20H2,1,4,6-7,9H3;3-4H,1-2H3;1-2H3/b22-21+,26-24-,27-25-;4-3-;. The summed E-state index contributed by atoms with van der Waals surface area (Å²) in [5.74, 6) is 0. The molecule has 40 heavy (non-hydrogen) atoms. The molecular formula is C35H57ClN2OS. The van der Waals surface area contributed by atoms with Crippen molar-refractivity contribution in [2.45, 2.75) is 100 Å². The van der Waals surface area contributed by atoms with E-state index in [9.17, 15) is 0 Å². The summed E-state index contributed by atoms with van der Waals surface area (Å²) in [7, 11) is 0. The van der Waals surface area contributed by atoms with Gasteiger partial charge in [0.2, 0.25) is 0 Å². The first-order valence-corrected chi connectivity index (χ1v) is 15.9. The number of aromatic nitrogens is 1. The molecule has 0 amide bonds. The molecule has 1 atom stereocenters. The zero-order valence-electron chi connectivity index (χ0n) is 27.0. The number of thiazole rings is 1. The van der Waals surface area contributed by atoms with Gasteiger partial charge in [-0.1, -0.05) is 101 Å². The fraction of sp³-hybridized carbons (Fsp3) is 0.514. The van der Waals surface area contributed by atoms with Crippen LogP contribution in [0, 0.1) is 0 Å². The molecule has 0 fully saturated rings. The molecule has 5 heteroatoms. The maximum absolute atomic E-state index is 6.36. The van der Waals surface area contributed by atoms with Gasteiger partial charge < -0.3 is 9.64 Å². The SMILES string of the molecule is C/C=C\C.C=CCOC(C)(C=C)CCN(CC)c1nc(=C)/c(=C(CCCC)/C(/C=C(\C)Cl)=C(/C=C)CC)s1.CC. The average Bonchev–Trinajstić information content (AvgIpc) is 3.34. The number of anilines is 1. The van der Waals surface area contributed by atoms with Gasteiger partial charge in [-0.2, -0.15) is 0 Å². The third-order valence-corrected chi connectivity index (χ3v) is 7.54. The fourth-order valence-electron chi connectivity index (χ4n) is 3.68. The van der Waals surface area contributed by atoms with E-state index in [1.54, 1.807) is 17.4 Å². The van der Waals surface area contributed by atoms with Crippen molar-refractivity contribution in [3.63, 3.8) is 0 Å². The smallest absolute Gasteiger partial charge is 0.186 e. The molecule has 0 N–H and O–H groups in total. The maximum atomic E-state index is 6.36. The Morgan fingerprint density at radius 2 is 1.75 bits per heavy atom. The van der Waals surface area contributed by atoms with Gasteiger partial charge in [0, 0.05) is 18.1 Å². The molecule has 1 unspecified atom stereocenters. The van der Waals surface area contributed by atoms with E-state index in [4.69, 9.17) is 21.3 Å². The van der Waals surface area contributed by atoms with Crippen LogP contribution in [0.5, 0.6) is 0 Å². The summed E-state index contributed by atoms with van der Waals surface area (Å²) in [6, 6.07) is 0. The molecule has 0 bridgehead atoms. The Kier molecular flexibility index (Phi) is 23.6. The summed E-state index contributed by atoms with van der Waals surface area (Å²) in [6.45, 7) is 36.8. The lowest BCUT2D eigenvalue weighted by molar-refractivity contribution is 0.0190. The molecule has 226 valence electrons. The van der Waals surface area contributed by atoms with Gasteiger partial charge in [0.05, 0.1) is 22.1 Å². The Morgan fingerprint density at radius 3 is 2.17 bits per heavy atom. The van der Waals surface area contributed by atoms with Crippen molar-refractivity contribution in [2.24, 2.45) is 0 Å². The van der Waals surface area contributed by atoms with E-state index in [1.165, 1.54) is 11.1 Å². The molecule has 0 aliphatic heterocycles. The highest BCUT2D eigenvalue weighted by molar-refractivity contribution is 7.13. The van der Waals surface area contributed by atoms with Crippen molar-refractivity contribution in [1.82, 2.24) is 4.98 Å². The number of allylic oxidation sites excluding steroid dienone is 7. The molecule has 3 nitrogen and oxygen atoms in total. The Morgan fingerprint density at radius 1 is 1.12 bits per heavy atom. The van der Waals surface area contributed by atoms with Crippen LogP contribution >= 0.6 is 22.9 Å². The van der Waals surface area contributed by atoms with E-state index < -0.39 is 5.60 Å². The number of ether oxygens (including phenoxy) is 1. The minimum atomic E-state index is -0.411. The van der Waals surface area contributed by atoms with E-state index in [0.29, 0.717) is 6.61 Å². The second-order valence-corrected chi connectivity index (χ2v) is 10.8. The second-order valence-electron chi connectivity index (χ2n) is 9.19. The van der Waals surface area contributed by atoms with Crippen molar-refractivity contribution in [3.05, 3.63) is 82.3 Å². The van der Waals surface area contributed by atoms with Gasteiger partial charge in [-0.25, -0.2) is 4.98 Å². The molecular weight excluding hydrogens is 532 g/mol.